The number of benzene rings is 1. The molecule has 2 aromatic heterocycles. The number of nitrogens with two attached hydrogens (primary N) is 1. The van der Waals surface area contributed by atoms with Gasteiger partial charge in [0, 0.05) is 18.3 Å². The number of hydrogen-bond acceptors (Lipinski definition) is 6. The molecule has 0 aliphatic heterocycles. The van der Waals surface area contributed by atoms with Crippen molar-refractivity contribution in [1.82, 2.24) is 9.97 Å². The SMILES string of the molecule is NC(=O)c1cccnc1OC1CC2(CC(Nc3nc4cc(F)c(Br)cc4s3)C2)C1. The Balaban J connectivity index is 1.16. The second-order valence-corrected chi connectivity index (χ2v) is 9.76. The summed E-state index contributed by atoms with van der Waals surface area (Å²) in [5.74, 6) is -0.510. The maximum atomic E-state index is 13.7. The zero-order chi connectivity index (χ0) is 20.2. The van der Waals surface area contributed by atoms with Crippen molar-refractivity contribution in [3.63, 3.8) is 0 Å². The van der Waals surface area contributed by atoms with Crippen LogP contribution in [0.2, 0.25) is 0 Å². The molecule has 6 nitrogen and oxygen atoms in total. The Bertz CT molecular complexity index is 1070. The van der Waals surface area contributed by atoms with Gasteiger partial charge in [-0.15, -0.1) is 0 Å². The Morgan fingerprint density at radius 1 is 1.34 bits per heavy atom. The molecule has 0 bridgehead atoms. The first-order valence-corrected chi connectivity index (χ1v) is 11.0. The molecule has 2 aliphatic rings. The lowest BCUT2D eigenvalue weighted by atomic mass is 9.53. The highest BCUT2D eigenvalue weighted by atomic mass is 79.9. The molecule has 2 heterocycles. The molecular formula is C20H18BrFN4O2S. The second-order valence-electron chi connectivity index (χ2n) is 7.87. The standard InChI is InChI=1S/C20H18BrFN4O2S/c21-13-4-16-15(5-14(13)22)26-19(29-16)25-10-6-20(7-10)8-11(9-20)28-18-12(17(23)27)2-1-3-24-18/h1-5,10-11H,6-9H2,(H2,23,27)(H,25,26). The van der Waals surface area contributed by atoms with Crippen molar-refractivity contribution in [3.8, 4) is 5.88 Å². The number of fused-ring (bicyclic) bond motifs is 1. The molecule has 0 atom stereocenters. The van der Waals surface area contributed by atoms with Crippen LogP contribution in [0.1, 0.15) is 36.0 Å². The maximum Gasteiger partial charge on any atom is 0.254 e. The Kier molecular flexibility index (Phi) is 4.47. The zero-order valence-electron chi connectivity index (χ0n) is 15.3. The summed E-state index contributed by atoms with van der Waals surface area (Å²) in [6, 6.07) is 6.88. The maximum absolute atomic E-state index is 13.7. The third kappa shape index (κ3) is 3.46. The van der Waals surface area contributed by atoms with Crippen molar-refractivity contribution in [2.45, 2.75) is 37.8 Å². The molecule has 5 rings (SSSR count). The highest BCUT2D eigenvalue weighted by Gasteiger charge is 2.54. The third-order valence-electron chi connectivity index (χ3n) is 5.75. The van der Waals surface area contributed by atoms with Crippen molar-refractivity contribution in [3.05, 3.63) is 46.3 Å². The van der Waals surface area contributed by atoms with Gasteiger partial charge in [0.05, 0.1) is 14.7 Å². The van der Waals surface area contributed by atoms with Crippen LogP contribution in [0.4, 0.5) is 9.52 Å². The van der Waals surface area contributed by atoms with Crippen LogP contribution in [0, 0.1) is 11.2 Å². The van der Waals surface area contributed by atoms with Gasteiger partial charge in [-0.1, -0.05) is 11.3 Å². The molecular weight excluding hydrogens is 459 g/mol. The monoisotopic (exact) mass is 476 g/mol. The number of thiazole rings is 1. The number of pyridine rings is 1. The first-order chi connectivity index (χ1) is 13.9. The summed E-state index contributed by atoms with van der Waals surface area (Å²) in [4.78, 5) is 20.1. The predicted octanol–water partition coefficient (Wildman–Crippen LogP) is 4.49. The smallest absolute Gasteiger partial charge is 0.254 e. The first kappa shape index (κ1) is 18.7. The highest BCUT2D eigenvalue weighted by Crippen LogP contribution is 2.57. The van der Waals surface area contributed by atoms with E-state index in [1.54, 1.807) is 24.4 Å². The predicted molar refractivity (Wildman–Crippen MR) is 113 cm³/mol. The molecule has 0 radical (unpaired) electrons. The molecule has 1 aromatic carbocycles. The van der Waals surface area contributed by atoms with E-state index in [0.29, 0.717) is 27.5 Å². The van der Waals surface area contributed by atoms with E-state index in [1.165, 1.54) is 17.4 Å². The minimum atomic E-state index is -0.530. The van der Waals surface area contributed by atoms with Crippen molar-refractivity contribution < 1.29 is 13.9 Å². The molecule has 3 aromatic rings. The summed E-state index contributed by atoms with van der Waals surface area (Å²) < 4.78 is 21.0. The summed E-state index contributed by atoms with van der Waals surface area (Å²) >= 11 is 4.75. The zero-order valence-corrected chi connectivity index (χ0v) is 17.7. The number of nitrogens with zero attached hydrogens (tertiary/aromatic N) is 2. The van der Waals surface area contributed by atoms with Crippen LogP contribution in [0.25, 0.3) is 10.2 Å². The van der Waals surface area contributed by atoms with Gasteiger partial charge in [-0.3, -0.25) is 4.79 Å². The topological polar surface area (TPSA) is 90.1 Å². The van der Waals surface area contributed by atoms with Gasteiger partial charge in [0.15, 0.2) is 5.13 Å². The molecule has 3 N–H and O–H groups in total. The lowest BCUT2D eigenvalue weighted by Gasteiger charge is -2.57. The number of hydrogen-bond donors (Lipinski definition) is 2. The van der Waals surface area contributed by atoms with Gasteiger partial charge in [0.2, 0.25) is 5.88 Å². The van der Waals surface area contributed by atoms with Crippen LogP contribution < -0.4 is 15.8 Å². The average molecular weight is 477 g/mol. The fraction of sp³-hybridized carbons (Fsp3) is 0.350. The molecule has 2 saturated carbocycles. The number of carbonyl (C=O) groups is 1. The van der Waals surface area contributed by atoms with E-state index in [2.05, 4.69) is 31.2 Å². The van der Waals surface area contributed by atoms with Crippen LogP contribution in [0.5, 0.6) is 5.88 Å². The van der Waals surface area contributed by atoms with Crippen LogP contribution in [0.15, 0.2) is 34.9 Å². The minimum Gasteiger partial charge on any atom is -0.474 e. The van der Waals surface area contributed by atoms with Crippen molar-refractivity contribution in [2.75, 3.05) is 5.32 Å². The van der Waals surface area contributed by atoms with Crippen molar-refractivity contribution in [2.24, 2.45) is 11.1 Å². The number of nitrogens with one attached hydrogen (secondary N) is 1. The van der Waals surface area contributed by atoms with E-state index in [1.807, 2.05) is 0 Å². The molecule has 1 amide bonds. The molecule has 0 unspecified atom stereocenters. The average Bonchev–Trinajstić information content (AvgIpc) is 2.99. The fourth-order valence-corrected chi connectivity index (χ4v) is 5.86. The first-order valence-electron chi connectivity index (χ1n) is 9.34. The molecule has 2 aliphatic carbocycles. The molecule has 9 heteroatoms. The van der Waals surface area contributed by atoms with Gasteiger partial charge in [0.25, 0.3) is 5.91 Å². The van der Waals surface area contributed by atoms with Crippen molar-refractivity contribution in [1.29, 1.82) is 0 Å². The van der Waals surface area contributed by atoms with Gasteiger partial charge in [-0.2, -0.15) is 0 Å². The quantitative estimate of drug-likeness (QED) is 0.565. The third-order valence-corrected chi connectivity index (χ3v) is 7.31. The largest absolute Gasteiger partial charge is 0.474 e. The Morgan fingerprint density at radius 3 is 2.90 bits per heavy atom. The van der Waals surface area contributed by atoms with Gasteiger partial charge in [-0.25, -0.2) is 14.4 Å². The normalized spacial score (nSPS) is 25.4. The van der Waals surface area contributed by atoms with Gasteiger partial charge < -0.3 is 15.8 Å². The molecule has 29 heavy (non-hydrogen) atoms. The number of carbonyl (C=O) groups excluding carboxylic acids is 1. The number of anilines is 1. The van der Waals surface area contributed by atoms with Gasteiger partial charge in [-0.05, 0) is 65.2 Å². The summed E-state index contributed by atoms with van der Waals surface area (Å²) in [6.45, 7) is 0. The lowest BCUT2D eigenvalue weighted by molar-refractivity contribution is -0.0759. The van der Waals surface area contributed by atoms with E-state index in [0.717, 1.165) is 35.5 Å². The molecule has 0 saturated heterocycles. The van der Waals surface area contributed by atoms with Gasteiger partial charge >= 0.3 is 0 Å². The van der Waals surface area contributed by atoms with Crippen LogP contribution in [-0.2, 0) is 0 Å². The van der Waals surface area contributed by atoms with Crippen molar-refractivity contribution >= 4 is 48.5 Å². The number of ether oxygens (including phenoxy) is 1. The highest BCUT2D eigenvalue weighted by molar-refractivity contribution is 9.10. The molecule has 1 spiro atoms. The summed E-state index contributed by atoms with van der Waals surface area (Å²) in [7, 11) is 0. The van der Waals surface area contributed by atoms with Crippen LogP contribution >= 0.6 is 27.3 Å². The fourth-order valence-electron chi connectivity index (χ4n) is 4.40. The number of primary amides is 1. The molecule has 2 fully saturated rings. The number of rotatable bonds is 5. The van der Waals surface area contributed by atoms with E-state index < -0.39 is 5.91 Å². The number of halogens is 2. The van der Waals surface area contributed by atoms with E-state index in [-0.39, 0.29) is 17.3 Å². The van der Waals surface area contributed by atoms with E-state index in [9.17, 15) is 9.18 Å². The van der Waals surface area contributed by atoms with Gasteiger partial charge in [0.1, 0.15) is 17.5 Å². The molecule has 150 valence electrons. The second kappa shape index (κ2) is 6.91. The van der Waals surface area contributed by atoms with Crippen LogP contribution in [0.3, 0.4) is 0 Å². The van der Waals surface area contributed by atoms with Crippen LogP contribution in [-0.4, -0.2) is 28.0 Å². The van der Waals surface area contributed by atoms with E-state index >= 15 is 0 Å². The number of aromatic nitrogens is 2. The summed E-state index contributed by atoms with van der Waals surface area (Å²) in [5.41, 5.74) is 6.66. The Labute approximate surface area is 178 Å². The Morgan fingerprint density at radius 2 is 2.14 bits per heavy atom. The Hall–Kier alpha value is -2.26. The minimum absolute atomic E-state index is 0.0618. The number of amides is 1. The summed E-state index contributed by atoms with van der Waals surface area (Å²) in [5, 5.41) is 4.30. The van der Waals surface area contributed by atoms with E-state index in [4.69, 9.17) is 10.5 Å². The lowest BCUT2D eigenvalue weighted by Crippen LogP contribution is -2.56. The summed E-state index contributed by atoms with van der Waals surface area (Å²) in [6.07, 6.45) is 5.64.